The topological polar surface area (TPSA) is 83.7 Å². The molecule has 0 bridgehead atoms. The molecule has 0 aromatic carbocycles. The second-order valence-electron chi connectivity index (χ2n) is 4.75. The van der Waals surface area contributed by atoms with Crippen LogP contribution in [0, 0.1) is 0 Å². The third-order valence-electron chi connectivity index (χ3n) is 3.33. The van der Waals surface area contributed by atoms with Gasteiger partial charge in [-0.2, -0.15) is 4.31 Å². The maximum atomic E-state index is 12.0. The van der Waals surface area contributed by atoms with Crippen molar-refractivity contribution in [3.8, 4) is 0 Å². The monoisotopic (exact) mass is 261 g/mol. The lowest BCUT2D eigenvalue weighted by Gasteiger charge is -2.31. The summed E-state index contributed by atoms with van der Waals surface area (Å²) in [6.07, 6.45) is 2.46. The van der Waals surface area contributed by atoms with Crippen LogP contribution in [0.2, 0.25) is 0 Å². The zero-order chi connectivity index (χ0) is 12.5. The summed E-state index contributed by atoms with van der Waals surface area (Å²) in [4.78, 5) is 13.6. The molecule has 2 aliphatic heterocycles. The van der Waals surface area contributed by atoms with Crippen LogP contribution < -0.4 is 5.73 Å². The summed E-state index contributed by atoms with van der Waals surface area (Å²) in [5, 5.41) is 0. The van der Waals surface area contributed by atoms with Crippen molar-refractivity contribution in [2.75, 3.05) is 31.9 Å². The van der Waals surface area contributed by atoms with Gasteiger partial charge in [0.1, 0.15) is 0 Å². The first-order valence-electron chi connectivity index (χ1n) is 6.00. The summed E-state index contributed by atoms with van der Waals surface area (Å²) in [5.41, 5.74) is 5.80. The first kappa shape index (κ1) is 12.8. The molecule has 0 aliphatic carbocycles. The Morgan fingerprint density at radius 3 is 2.65 bits per heavy atom. The normalized spacial score (nSPS) is 29.5. The van der Waals surface area contributed by atoms with Crippen LogP contribution in [0.5, 0.6) is 0 Å². The molecule has 0 saturated carbocycles. The van der Waals surface area contributed by atoms with Gasteiger partial charge in [-0.1, -0.05) is 0 Å². The summed E-state index contributed by atoms with van der Waals surface area (Å²) in [6, 6.07) is 0.0304. The van der Waals surface area contributed by atoms with E-state index < -0.39 is 10.0 Å². The van der Waals surface area contributed by atoms with E-state index in [1.165, 1.54) is 4.31 Å². The fourth-order valence-electron chi connectivity index (χ4n) is 2.36. The standard InChI is InChI=1S/C10H19N3O3S/c11-9-3-1-4-12(7-9)10(14)8-13-5-2-6-17(13,15)16/h9H,1-8,11H2. The third kappa shape index (κ3) is 2.97. The second kappa shape index (κ2) is 4.91. The Balaban J connectivity index is 1.93. The van der Waals surface area contributed by atoms with Crippen LogP contribution in [-0.4, -0.2) is 61.5 Å². The number of hydrogen-bond donors (Lipinski definition) is 1. The Kier molecular flexibility index (Phi) is 3.70. The van der Waals surface area contributed by atoms with E-state index in [0.717, 1.165) is 12.8 Å². The van der Waals surface area contributed by atoms with Gasteiger partial charge in [-0.05, 0) is 19.3 Å². The highest BCUT2D eigenvalue weighted by atomic mass is 32.2. The van der Waals surface area contributed by atoms with E-state index in [-0.39, 0.29) is 24.2 Å². The number of hydrogen-bond acceptors (Lipinski definition) is 4. The average molecular weight is 261 g/mol. The number of likely N-dealkylation sites (tertiary alicyclic amines) is 1. The Labute approximate surface area is 102 Å². The van der Waals surface area contributed by atoms with Crippen molar-refractivity contribution in [1.29, 1.82) is 0 Å². The van der Waals surface area contributed by atoms with Crippen molar-refractivity contribution in [2.24, 2.45) is 5.73 Å². The molecule has 17 heavy (non-hydrogen) atoms. The van der Waals surface area contributed by atoms with Gasteiger partial charge in [0.2, 0.25) is 15.9 Å². The van der Waals surface area contributed by atoms with Crippen molar-refractivity contribution in [3.63, 3.8) is 0 Å². The molecule has 98 valence electrons. The molecular formula is C10H19N3O3S. The predicted molar refractivity (Wildman–Crippen MR) is 63.8 cm³/mol. The van der Waals surface area contributed by atoms with Gasteiger partial charge in [0.05, 0.1) is 12.3 Å². The zero-order valence-corrected chi connectivity index (χ0v) is 10.7. The predicted octanol–water partition coefficient (Wildman–Crippen LogP) is -1.03. The van der Waals surface area contributed by atoms with Crippen molar-refractivity contribution < 1.29 is 13.2 Å². The fourth-order valence-corrected chi connectivity index (χ4v) is 3.82. The van der Waals surface area contributed by atoms with E-state index in [0.29, 0.717) is 26.1 Å². The highest BCUT2D eigenvalue weighted by molar-refractivity contribution is 7.89. The van der Waals surface area contributed by atoms with Crippen LogP contribution in [0.15, 0.2) is 0 Å². The highest BCUT2D eigenvalue weighted by Crippen LogP contribution is 2.14. The summed E-state index contributed by atoms with van der Waals surface area (Å²) in [7, 11) is -3.18. The minimum atomic E-state index is -3.18. The van der Waals surface area contributed by atoms with E-state index in [2.05, 4.69) is 0 Å². The molecule has 2 N–H and O–H groups in total. The molecule has 6 nitrogen and oxygen atoms in total. The molecule has 1 atom stereocenters. The van der Waals surface area contributed by atoms with Gasteiger partial charge >= 0.3 is 0 Å². The number of rotatable bonds is 2. The SMILES string of the molecule is NC1CCCN(C(=O)CN2CCCS2(=O)=O)C1. The van der Waals surface area contributed by atoms with Crippen LogP contribution in [0.1, 0.15) is 19.3 Å². The van der Waals surface area contributed by atoms with E-state index in [9.17, 15) is 13.2 Å². The first-order valence-corrected chi connectivity index (χ1v) is 7.61. The van der Waals surface area contributed by atoms with E-state index in [1.807, 2.05) is 0 Å². The van der Waals surface area contributed by atoms with Crippen LogP contribution in [0.3, 0.4) is 0 Å². The maximum absolute atomic E-state index is 12.0. The summed E-state index contributed by atoms with van der Waals surface area (Å²) in [5.74, 6) is 0.0467. The van der Waals surface area contributed by atoms with E-state index >= 15 is 0 Å². The molecule has 0 aromatic heterocycles. The molecule has 2 rings (SSSR count). The lowest BCUT2D eigenvalue weighted by molar-refractivity contribution is -0.132. The van der Waals surface area contributed by atoms with Gasteiger partial charge in [-0.25, -0.2) is 8.42 Å². The first-order chi connectivity index (χ1) is 7.99. The molecule has 1 unspecified atom stereocenters. The van der Waals surface area contributed by atoms with Gasteiger partial charge in [-0.15, -0.1) is 0 Å². The van der Waals surface area contributed by atoms with Crippen LogP contribution >= 0.6 is 0 Å². The number of piperidine rings is 1. The molecule has 2 aliphatic rings. The Hall–Kier alpha value is -0.660. The minimum absolute atomic E-state index is 0.0188. The lowest BCUT2D eigenvalue weighted by Crippen LogP contribution is -2.49. The summed E-state index contributed by atoms with van der Waals surface area (Å²) >= 11 is 0. The number of carbonyl (C=O) groups excluding carboxylic acids is 1. The highest BCUT2D eigenvalue weighted by Gasteiger charge is 2.32. The van der Waals surface area contributed by atoms with Crippen LogP contribution in [-0.2, 0) is 14.8 Å². The van der Waals surface area contributed by atoms with Crippen molar-refractivity contribution >= 4 is 15.9 Å². The van der Waals surface area contributed by atoms with Crippen LogP contribution in [0.4, 0.5) is 0 Å². The van der Waals surface area contributed by atoms with Gasteiger partial charge in [-0.3, -0.25) is 4.79 Å². The van der Waals surface area contributed by atoms with Crippen molar-refractivity contribution in [1.82, 2.24) is 9.21 Å². The van der Waals surface area contributed by atoms with Gasteiger partial charge in [0.25, 0.3) is 0 Å². The molecule has 0 spiro atoms. The zero-order valence-electron chi connectivity index (χ0n) is 9.84. The quantitative estimate of drug-likeness (QED) is 0.689. The number of nitrogens with zero attached hydrogens (tertiary/aromatic N) is 2. The van der Waals surface area contributed by atoms with Crippen molar-refractivity contribution in [2.45, 2.75) is 25.3 Å². The fraction of sp³-hybridized carbons (Fsp3) is 0.900. The average Bonchev–Trinajstić information content (AvgIpc) is 2.58. The Morgan fingerprint density at radius 2 is 2.06 bits per heavy atom. The van der Waals surface area contributed by atoms with E-state index in [1.54, 1.807) is 4.90 Å². The van der Waals surface area contributed by atoms with Gasteiger partial charge in [0, 0.05) is 25.7 Å². The molecule has 1 amide bonds. The lowest BCUT2D eigenvalue weighted by atomic mass is 10.1. The molecule has 7 heteroatoms. The Morgan fingerprint density at radius 1 is 1.29 bits per heavy atom. The smallest absolute Gasteiger partial charge is 0.237 e. The molecule has 2 saturated heterocycles. The second-order valence-corrected chi connectivity index (χ2v) is 6.83. The molecule has 2 heterocycles. The molecule has 0 radical (unpaired) electrons. The summed E-state index contributed by atoms with van der Waals surface area (Å²) in [6.45, 7) is 1.69. The third-order valence-corrected chi connectivity index (χ3v) is 5.23. The van der Waals surface area contributed by atoms with Gasteiger partial charge in [0.15, 0.2) is 0 Å². The minimum Gasteiger partial charge on any atom is -0.340 e. The Bertz CT molecular complexity index is 396. The maximum Gasteiger partial charge on any atom is 0.237 e. The molecule has 0 aromatic rings. The number of carbonyl (C=O) groups is 1. The molecular weight excluding hydrogens is 242 g/mol. The van der Waals surface area contributed by atoms with Gasteiger partial charge < -0.3 is 10.6 Å². The number of nitrogens with two attached hydrogens (primary N) is 1. The van der Waals surface area contributed by atoms with Crippen LogP contribution in [0.25, 0.3) is 0 Å². The molecule has 2 fully saturated rings. The van der Waals surface area contributed by atoms with E-state index in [4.69, 9.17) is 5.73 Å². The summed E-state index contributed by atoms with van der Waals surface area (Å²) < 4.78 is 24.4. The largest absolute Gasteiger partial charge is 0.340 e. The number of amides is 1. The number of sulfonamides is 1. The van der Waals surface area contributed by atoms with Crippen molar-refractivity contribution in [3.05, 3.63) is 0 Å².